The number of rotatable bonds is 13. The Balaban J connectivity index is 2.24. The van der Waals surface area contributed by atoms with Crippen molar-refractivity contribution in [2.45, 2.75) is 0 Å². The molecule has 1 heterocycles. The highest BCUT2D eigenvalue weighted by molar-refractivity contribution is 7.54. The summed E-state index contributed by atoms with van der Waals surface area (Å²) < 4.78 is 37.7. The van der Waals surface area contributed by atoms with Gasteiger partial charge in [0.05, 0.1) is 37.9 Å². The number of esters is 1. The molecule has 1 aromatic heterocycles. The van der Waals surface area contributed by atoms with Crippen LogP contribution >= 0.6 is 42.5 Å². The van der Waals surface area contributed by atoms with Crippen LogP contribution in [-0.2, 0) is 14.1 Å². The van der Waals surface area contributed by atoms with Crippen LogP contribution < -0.4 is 19.1 Å². The Bertz CT molecular complexity index is 1270. The molecule has 0 aliphatic carbocycles. The van der Waals surface area contributed by atoms with Gasteiger partial charge in [-0.15, -0.1) is 23.2 Å². The monoisotopic (exact) mass is 589 g/mol. The molecule has 0 saturated carbocycles. The van der Waals surface area contributed by atoms with Gasteiger partial charge in [0, 0.05) is 53.6 Å². The summed E-state index contributed by atoms with van der Waals surface area (Å²) in [5.41, 5.74) is 1.74. The first kappa shape index (κ1) is 29.3. The zero-order chi connectivity index (χ0) is 27.0. The second-order valence-corrected chi connectivity index (χ2v) is 10.9. The van der Waals surface area contributed by atoms with E-state index in [2.05, 4.69) is 5.09 Å². The van der Waals surface area contributed by atoms with Crippen LogP contribution in [0, 0.1) is 0 Å². The number of methoxy groups -OCH3 is 3. The van der Waals surface area contributed by atoms with Crippen molar-refractivity contribution in [2.24, 2.45) is 0 Å². The van der Waals surface area contributed by atoms with Gasteiger partial charge in [0.2, 0.25) is 0 Å². The number of nitrogens with one attached hydrogen (secondary N) is 1. The largest absolute Gasteiger partial charge is 0.497 e. The molecule has 0 fully saturated rings. The molecule has 0 bridgehead atoms. The molecule has 0 amide bonds. The SMILES string of the molecule is COC(=O)CNP(=O)(Oc1cc(-c2ccc(Cl)cc2)nc2cc(OC)cc(OC)c12)N(CCCl)CCCl. The van der Waals surface area contributed by atoms with Crippen molar-refractivity contribution in [3.8, 4) is 28.5 Å². The molecule has 9 nitrogen and oxygen atoms in total. The van der Waals surface area contributed by atoms with E-state index in [1.165, 1.54) is 26.0 Å². The highest BCUT2D eigenvalue weighted by Crippen LogP contribution is 2.50. The zero-order valence-electron chi connectivity index (χ0n) is 20.5. The predicted octanol–water partition coefficient (Wildman–Crippen LogP) is 5.60. The van der Waals surface area contributed by atoms with Gasteiger partial charge in [-0.1, -0.05) is 23.7 Å². The lowest BCUT2D eigenvalue weighted by atomic mass is 10.1. The van der Waals surface area contributed by atoms with Crippen LogP contribution in [0.3, 0.4) is 0 Å². The predicted molar refractivity (Wildman–Crippen MR) is 147 cm³/mol. The number of halogens is 3. The Morgan fingerprint density at radius 3 is 2.24 bits per heavy atom. The zero-order valence-corrected chi connectivity index (χ0v) is 23.7. The van der Waals surface area contributed by atoms with Gasteiger partial charge in [-0.05, 0) is 12.1 Å². The molecule has 0 aliphatic rings. The van der Waals surface area contributed by atoms with Crippen LogP contribution in [0.5, 0.6) is 17.2 Å². The number of carbonyl (C=O) groups is 1. The summed E-state index contributed by atoms with van der Waals surface area (Å²) in [4.78, 5) is 16.7. The average molecular weight is 591 g/mol. The minimum atomic E-state index is -3.95. The fourth-order valence-electron chi connectivity index (χ4n) is 3.52. The van der Waals surface area contributed by atoms with Gasteiger partial charge in [-0.3, -0.25) is 4.79 Å². The van der Waals surface area contributed by atoms with Gasteiger partial charge < -0.3 is 18.7 Å². The normalized spacial score (nSPS) is 12.8. The molecular formula is C24H27Cl3N3O6P. The number of hydrogen-bond acceptors (Lipinski definition) is 7. The van der Waals surface area contributed by atoms with E-state index in [1.54, 1.807) is 42.5 Å². The lowest BCUT2D eigenvalue weighted by molar-refractivity contribution is -0.139. The second-order valence-electron chi connectivity index (χ2n) is 7.59. The number of ether oxygens (including phenoxy) is 3. The minimum absolute atomic E-state index is 0.151. The molecule has 13 heteroatoms. The number of aromatic nitrogens is 1. The molecule has 1 unspecified atom stereocenters. The first-order chi connectivity index (χ1) is 17.8. The Hall–Kier alpha value is -2.26. The third-order valence-electron chi connectivity index (χ3n) is 5.34. The summed E-state index contributed by atoms with van der Waals surface area (Å²) in [7, 11) is 0.311. The van der Waals surface area contributed by atoms with Crippen LogP contribution in [0.25, 0.3) is 22.2 Å². The van der Waals surface area contributed by atoms with Gasteiger partial charge in [0.15, 0.2) is 0 Å². The van der Waals surface area contributed by atoms with Gasteiger partial charge in [-0.2, -0.15) is 0 Å². The quantitative estimate of drug-likeness (QED) is 0.155. The maximum Gasteiger partial charge on any atom is 0.393 e. The van der Waals surface area contributed by atoms with E-state index in [9.17, 15) is 9.36 Å². The summed E-state index contributed by atoms with van der Waals surface area (Å²) in [6.07, 6.45) is 0. The third kappa shape index (κ3) is 7.19. The number of fused-ring (bicyclic) bond motifs is 1. The van der Waals surface area contributed by atoms with Crippen molar-refractivity contribution in [3.63, 3.8) is 0 Å². The van der Waals surface area contributed by atoms with Crippen LogP contribution in [0.15, 0.2) is 42.5 Å². The van der Waals surface area contributed by atoms with Crippen LogP contribution in [0.4, 0.5) is 0 Å². The Morgan fingerprint density at radius 2 is 1.68 bits per heavy atom. The van der Waals surface area contributed by atoms with Crippen LogP contribution in [-0.4, -0.2) is 68.3 Å². The number of pyridine rings is 1. The van der Waals surface area contributed by atoms with Gasteiger partial charge >= 0.3 is 13.6 Å². The minimum Gasteiger partial charge on any atom is -0.497 e. The summed E-state index contributed by atoms with van der Waals surface area (Å²) in [6.45, 7) is -0.0116. The Kier molecular flexibility index (Phi) is 10.7. The molecule has 200 valence electrons. The maximum absolute atomic E-state index is 14.3. The molecule has 3 rings (SSSR count). The summed E-state index contributed by atoms with van der Waals surface area (Å²) >= 11 is 18.0. The smallest absolute Gasteiger partial charge is 0.393 e. The summed E-state index contributed by atoms with van der Waals surface area (Å²) in [6, 6.07) is 12.1. The van der Waals surface area contributed by atoms with Crippen molar-refractivity contribution in [1.82, 2.24) is 14.7 Å². The van der Waals surface area contributed by atoms with E-state index in [0.717, 1.165) is 5.56 Å². The topological polar surface area (TPSA) is 99.2 Å². The van der Waals surface area contributed by atoms with E-state index in [1.807, 2.05) is 0 Å². The molecule has 0 saturated heterocycles. The first-order valence-electron chi connectivity index (χ1n) is 11.1. The highest BCUT2D eigenvalue weighted by Gasteiger charge is 2.35. The Morgan fingerprint density at radius 1 is 1.00 bits per heavy atom. The standard InChI is InChI=1S/C24H27Cl3N3O6P/c1-33-18-12-20-24(21(13-18)34-2)22(14-19(29-20)16-4-6-17(27)7-5-16)36-37(32,28-15-23(31)35-3)30(10-8-25)11-9-26/h4-7,12-14H,8-11,15H2,1-3H3,(H,28,32). The second kappa shape index (κ2) is 13.5. The fourth-order valence-corrected chi connectivity index (χ4v) is 6.14. The van der Waals surface area contributed by atoms with E-state index in [-0.39, 0.29) is 37.1 Å². The molecule has 2 aromatic carbocycles. The van der Waals surface area contributed by atoms with E-state index < -0.39 is 13.6 Å². The van der Waals surface area contributed by atoms with Gasteiger partial charge in [-0.25, -0.2) is 19.3 Å². The Labute approximate surface area is 230 Å². The van der Waals surface area contributed by atoms with Crippen molar-refractivity contribution in [3.05, 3.63) is 47.5 Å². The molecule has 0 radical (unpaired) electrons. The van der Waals surface area contributed by atoms with Crippen molar-refractivity contribution in [1.29, 1.82) is 0 Å². The van der Waals surface area contributed by atoms with Crippen molar-refractivity contribution >= 4 is 59.3 Å². The average Bonchev–Trinajstić information content (AvgIpc) is 2.91. The van der Waals surface area contributed by atoms with Crippen LogP contribution in [0.1, 0.15) is 0 Å². The van der Waals surface area contributed by atoms with Crippen LogP contribution in [0.2, 0.25) is 5.02 Å². The fraction of sp³-hybridized carbons (Fsp3) is 0.333. The number of hydrogen-bond donors (Lipinski definition) is 1. The first-order valence-corrected chi connectivity index (χ1v) is 14.1. The molecule has 0 spiro atoms. The van der Waals surface area contributed by atoms with Crippen molar-refractivity contribution in [2.75, 3.05) is 52.7 Å². The van der Waals surface area contributed by atoms with E-state index in [4.69, 9.17) is 58.5 Å². The van der Waals surface area contributed by atoms with E-state index >= 15 is 0 Å². The summed E-state index contributed by atoms with van der Waals surface area (Å²) in [5.74, 6) is 0.776. The molecule has 1 N–H and O–H groups in total. The number of alkyl halides is 2. The molecule has 37 heavy (non-hydrogen) atoms. The molecule has 0 aliphatic heterocycles. The number of benzene rings is 2. The maximum atomic E-state index is 14.3. The van der Waals surface area contributed by atoms with E-state index in [0.29, 0.717) is 33.1 Å². The summed E-state index contributed by atoms with van der Waals surface area (Å²) in [5, 5.41) is 3.75. The number of nitrogens with zero attached hydrogens (tertiary/aromatic N) is 2. The highest BCUT2D eigenvalue weighted by atomic mass is 35.5. The number of carbonyl (C=O) groups excluding carboxylic acids is 1. The molecule has 3 aromatic rings. The third-order valence-corrected chi connectivity index (χ3v) is 8.07. The molecular weight excluding hydrogens is 564 g/mol. The lowest BCUT2D eigenvalue weighted by Crippen LogP contribution is -2.36. The van der Waals surface area contributed by atoms with Gasteiger partial charge in [0.25, 0.3) is 0 Å². The lowest BCUT2D eigenvalue weighted by Gasteiger charge is -2.31. The van der Waals surface area contributed by atoms with Gasteiger partial charge in [0.1, 0.15) is 23.8 Å². The molecule has 1 atom stereocenters. The van der Waals surface area contributed by atoms with Crippen molar-refractivity contribution < 1.29 is 28.1 Å².